The minimum atomic E-state index is 0.609. The molecule has 3 aromatic rings. The van der Waals surface area contributed by atoms with Gasteiger partial charge >= 0.3 is 0 Å². The highest BCUT2D eigenvalue weighted by molar-refractivity contribution is 5.81. The van der Waals surface area contributed by atoms with E-state index in [1.165, 1.54) is 0 Å². The van der Waals surface area contributed by atoms with Gasteiger partial charge in [-0.1, -0.05) is 6.92 Å². The van der Waals surface area contributed by atoms with Gasteiger partial charge in [0, 0.05) is 11.6 Å². The van der Waals surface area contributed by atoms with E-state index < -0.39 is 0 Å². The number of nitrogen functional groups attached to an aromatic ring is 1. The van der Waals surface area contributed by atoms with Crippen molar-refractivity contribution in [1.82, 2.24) is 9.97 Å². The van der Waals surface area contributed by atoms with Gasteiger partial charge in [0.1, 0.15) is 17.3 Å². The Balaban J connectivity index is 1.97. The van der Waals surface area contributed by atoms with Crippen LogP contribution in [0, 0.1) is 0 Å². The zero-order chi connectivity index (χ0) is 15.5. The van der Waals surface area contributed by atoms with Crippen LogP contribution in [-0.2, 0) is 0 Å². The lowest BCUT2D eigenvalue weighted by Crippen LogP contribution is -1.94. The van der Waals surface area contributed by atoms with Crippen molar-refractivity contribution in [2.24, 2.45) is 0 Å². The van der Waals surface area contributed by atoms with E-state index >= 15 is 0 Å². The first-order valence-electron chi connectivity index (χ1n) is 7.27. The molecule has 0 aliphatic carbocycles. The van der Waals surface area contributed by atoms with E-state index in [1.807, 2.05) is 36.4 Å². The summed E-state index contributed by atoms with van der Waals surface area (Å²) < 4.78 is 10.9. The number of benzene rings is 2. The number of nitrogens with one attached hydrogen (secondary N) is 1. The summed E-state index contributed by atoms with van der Waals surface area (Å²) in [6.07, 6.45) is 0.984. The first-order valence-corrected chi connectivity index (χ1v) is 7.27. The molecule has 0 bridgehead atoms. The fraction of sp³-hybridized carbons (Fsp3) is 0.235. The fourth-order valence-corrected chi connectivity index (χ4v) is 2.29. The molecule has 0 amide bonds. The number of aromatic amines is 1. The highest BCUT2D eigenvalue weighted by Gasteiger charge is 2.09. The third-order valence-corrected chi connectivity index (χ3v) is 3.43. The van der Waals surface area contributed by atoms with Crippen molar-refractivity contribution in [2.45, 2.75) is 13.3 Å². The SMILES string of the molecule is CCCOc1ccc2nc(-c3ccc(N)c(OC)c3)[nH]c2c1. The number of anilines is 1. The second-order valence-corrected chi connectivity index (χ2v) is 5.07. The molecule has 3 N–H and O–H groups in total. The van der Waals surface area contributed by atoms with Crippen molar-refractivity contribution in [3.05, 3.63) is 36.4 Å². The van der Waals surface area contributed by atoms with Crippen LogP contribution in [-0.4, -0.2) is 23.7 Å². The van der Waals surface area contributed by atoms with Crippen LogP contribution in [0.4, 0.5) is 5.69 Å². The summed E-state index contributed by atoms with van der Waals surface area (Å²) in [7, 11) is 1.60. The summed E-state index contributed by atoms with van der Waals surface area (Å²) in [6.45, 7) is 2.79. The van der Waals surface area contributed by atoms with Gasteiger partial charge in [0.15, 0.2) is 0 Å². The van der Waals surface area contributed by atoms with Crippen LogP contribution in [0.3, 0.4) is 0 Å². The minimum Gasteiger partial charge on any atom is -0.495 e. The molecule has 0 spiro atoms. The third-order valence-electron chi connectivity index (χ3n) is 3.43. The maximum atomic E-state index is 5.85. The Morgan fingerprint density at radius 1 is 1.18 bits per heavy atom. The number of hydrogen-bond donors (Lipinski definition) is 2. The summed E-state index contributed by atoms with van der Waals surface area (Å²) in [6, 6.07) is 11.5. The summed E-state index contributed by atoms with van der Waals surface area (Å²) in [5.41, 5.74) is 9.23. The van der Waals surface area contributed by atoms with E-state index in [9.17, 15) is 0 Å². The quantitative estimate of drug-likeness (QED) is 0.706. The molecule has 0 aliphatic heterocycles. The number of methoxy groups -OCH3 is 1. The Bertz CT molecular complexity index is 796. The molecular formula is C17H19N3O2. The van der Waals surface area contributed by atoms with E-state index in [1.54, 1.807) is 7.11 Å². The largest absolute Gasteiger partial charge is 0.495 e. The van der Waals surface area contributed by atoms with E-state index in [4.69, 9.17) is 15.2 Å². The third kappa shape index (κ3) is 2.70. The van der Waals surface area contributed by atoms with Crippen LogP contribution in [0.15, 0.2) is 36.4 Å². The van der Waals surface area contributed by atoms with Gasteiger partial charge in [-0.05, 0) is 36.8 Å². The van der Waals surface area contributed by atoms with Gasteiger partial charge in [-0.25, -0.2) is 4.98 Å². The lowest BCUT2D eigenvalue weighted by Gasteiger charge is -2.05. The van der Waals surface area contributed by atoms with Gasteiger partial charge in [-0.3, -0.25) is 0 Å². The molecule has 1 heterocycles. The first-order chi connectivity index (χ1) is 10.7. The fourth-order valence-electron chi connectivity index (χ4n) is 2.29. The normalized spacial score (nSPS) is 10.8. The molecule has 0 aliphatic rings. The van der Waals surface area contributed by atoms with Crippen molar-refractivity contribution >= 4 is 16.7 Å². The molecule has 0 unspecified atom stereocenters. The second kappa shape index (κ2) is 5.97. The van der Waals surface area contributed by atoms with Gasteiger partial charge < -0.3 is 20.2 Å². The van der Waals surface area contributed by atoms with Crippen LogP contribution >= 0.6 is 0 Å². The number of H-pyrrole nitrogens is 1. The zero-order valence-electron chi connectivity index (χ0n) is 12.7. The standard InChI is InChI=1S/C17H19N3O2/c1-3-8-22-12-5-7-14-15(10-12)20-17(19-14)11-4-6-13(18)16(9-11)21-2/h4-7,9-10H,3,8,18H2,1-2H3,(H,19,20). The predicted octanol–water partition coefficient (Wildman–Crippen LogP) is 3.61. The van der Waals surface area contributed by atoms with Crippen molar-refractivity contribution in [2.75, 3.05) is 19.5 Å². The Kier molecular flexibility index (Phi) is 3.87. The number of nitrogens with zero attached hydrogens (tertiary/aromatic N) is 1. The molecular weight excluding hydrogens is 278 g/mol. The van der Waals surface area contributed by atoms with Gasteiger partial charge in [0.05, 0.1) is 30.4 Å². The van der Waals surface area contributed by atoms with Gasteiger partial charge in [-0.15, -0.1) is 0 Å². The smallest absolute Gasteiger partial charge is 0.142 e. The van der Waals surface area contributed by atoms with E-state index in [0.717, 1.165) is 34.6 Å². The molecule has 114 valence electrons. The number of imidazole rings is 1. The first kappa shape index (κ1) is 14.3. The van der Waals surface area contributed by atoms with Crippen LogP contribution in [0.25, 0.3) is 22.4 Å². The van der Waals surface area contributed by atoms with Gasteiger partial charge in [0.2, 0.25) is 0 Å². The highest BCUT2D eigenvalue weighted by Crippen LogP contribution is 2.29. The molecule has 5 heteroatoms. The number of rotatable bonds is 5. The summed E-state index contributed by atoms with van der Waals surface area (Å²) in [5.74, 6) is 2.27. The number of nitrogens with two attached hydrogens (primary N) is 1. The number of hydrogen-bond acceptors (Lipinski definition) is 4. The lowest BCUT2D eigenvalue weighted by atomic mass is 10.2. The van der Waals surface area contributed by atoms with Crippen LogP contribution in [0.2, 0.25) is 0 Å². The second-order valence-electron chi connectivity index (χ2n) is 5.07. The molecule has 0 saturated carbocycles. The van der Waals surface area contributed by atoms with Crippen molar-refractivity contribution in [3.63, 3.8) is 0 Å². The molecule has 0 radical (unpaired) electrons. The van der Waals surface area contributed by atoms with E-state index in [0.29, 0.717) is 18.0 Å². The van der Waals surface area contributed by atoms with Gasteiger partial charge in [0.25, 0.3) is 0 Å². The molecule has 2 aromatic carbocycles. The average molecular weight is 297 g/mol. The maximum absolute atomic E-state index is 5.85. The monoisotopic (exact) mass is 297 g/mol. The van der Waals surface area contributed by atoms with E-state index in [-0.39, 0.29) is 0 Å². The Morgan fingerprint density at radius 2 is 2.05 bits per heavy atom. The summed E-state index contributed by atoms with van der Waals surface area (Å²) in [4.78, 5) is 7.91. The van der Waals surface area contributed by atoms with Crippen molar-refractivity contribution < 1.29 is 9.47 Å². The summed E-state index contributed by atoms with van der Waals surface area (Å²) >= 11 is 0. The molecule has 5 nitrogen and oxygen atoms in total. The number of ether oxygens (including phenoxy) is 2. The predicted molar refractivity (Wildman–Crippen MR) is 88.3 cm³/mol. The topological polar surface area (TPSA) is 73.2 Å². The molecule has 0 fully saturated rings. The number of aromatic nitrogens is 2. The zero-order valence-corrected chi connectivity index (χ0v) is 12.7. The molecule has 22 heavy (non-hydrogen) atoms. The number of fused-ring (bicyclic) bond motifs is 1. The maximum Gasteiger partial charge on any atom is 0.142 e. The van der Waals surface area contributed by atoms with Crippen LogP contribution in [0.1, 0.15) is 13.3 Å². The Morgan fingerprint density at radius 3 is 2.82 bits per heavy atom. The van der Waals surface area contributed by atoms with Crippen LogP contribution in [0.5, 0.6) is 11.5 Å². The van der Waals surface area contributed by atoms with Crippen molar-refractivity contribution in [3.8, 4) is 22.9 Å². The van der Waals surface area contributed by atoms with E-state index in [2.05, 4.69) is 16.9 Å². The molecule has 1 aromatic heterocycles. The Labute approximate surface area is 129 Å². The molecule has 0 saturated heterocycles. The lowest BCUT2D eigenvalue weighted by molar-refractivity contribution is 0.318. The van der Waals surface area contributed by atoms with Crippen LogP contribution < -0.4 is 15.2 Å². The molecule has 3 rings (SSSR count). The molecule has 0 atom stereocenters. The highest BCUT2D eigenvalue weighted by atomic mass is 16.5. The van der Waals surface area contributed by atoms with Crippen molar-refractivity contribution in [1.29, 1.82) is 0 Å². The Hall–Kier alpha value is -2.69. The summed E-state index contributed by atoms with van der Waals surface area (Å²) in [5, 5.41) is 0. The average Bonchev–Trinajstić information content (AvgIpc) is 2.96. The van der Waals surface area contributed by atoms with Gasteiger partial charge in [-0.2, -0.15) is 0 Å². The minimum absolute atomic E-state index is 0.609.